The van der Waals surface area contributed by atoms with Crippen LogP contribution in [0.25, 0.3) is 11.0 Å². The van der Waals surface area contributed by atoms with E-state index in [1.165, 1.54) is 13.1 Å². The summed E-state index contributed by atoms with van der Waals surface area (Å²) in [6.45, 7) is 3.32. The van der Waals surface area contributed by atoms with Gasteiger partial charge in [-0.2, -0.15) is 5.10 Å². The minimum Gasteiger partial charge on any atom is -0.294 e. The molecule has 0 aromatic carbocycles. The van der Waals surface area contributed by atoms with E-state index in [4.69, 9.17) is 11.6 Å². The number of carbonyl (C=O) groups excluding carboxylic acids is 1. The lowest BCUT2D eigenvalue weighted by molar-refractivity contribution is 0.101. The van der Waals surface area contributed by atoms with E-state index in [2.05, 4.69) is 10.1 Å². The van der Waals surface area contributed by atoms with E-state index < -0.39 is 0 Å². The average Bonchev–Trinajstić information content (AvgIpc) is 2.43. The molecule has 15 heavy (non-hydrogen) atoms. The Kier molecular flexibility index (Phi) is 2.23. The fourth-order valence-corrected chi connectivity index (χ4v) is 2.02. The van der Waals surface area contributed by atoms with E-state index in [1.807, 2.05) is 6.92 Å². The zero-order chi connectivity index (χ0) is 11.2. The molecular weight excluding hydrogens is 214 g/mol. The summed E-state index contributed by atoms with van der Waals surface area (Å²) < 4.78 is 1.65. The molecule has 0 unspecified atom stereocenters. The van der Waals surface area contributed by atoms with Crippen LogP contribution in [0, 0.1) is 6.92 Å². The molecule has 0 radical (unpaired) electrons. The maximum atomic E-state index is 11.3. The van der Waals surface area contributed by atoms with Gasteiger partial charge in [-0.25, -0.2) is 4.98 Å². The van der Waals surface area contributed by atoms with Gasteiger partial charge in [0.2, 0.25) is 0 Å². The van der Waals surface area contributed by atoms with Crippen molar-refractivity contribution >= 4 is 28.4 Å². The lowest BCUT2D eigenvalue weighted by Gasteiger charge is -2.01. The minimum absolute atomic E-state index is 0.0855. The van der Waals surface area contributed by atoms with Gasteiger partial charge in [-0.05, 0) is 13.8 Å². The Balaban J connectivity index is 2.89. The Labute approximate surface area is 91.9 Å². The van der Waals surface area contributed by atoms with Gasteiger partial charge in [0.25, 0.3) is 0 Å². The smallest absolute Gasteiger partial charge is 0.162 e. The zero-order valence-corrected chi connectivity index (χ0v) is 9.46. The largest absolute Gasteiger partial charge is 0.294 e. The van der Waals surface area contributed by atoms with Crippen molar-refractivity contribution in [1.29, 1.82) is 0 Å². The molecule has 0 aliphatic heterocycles. The fraction of sp³-hybridized carbons (Fsp3) is 0.300. The number of hydrogen-bond acceptors (Lipinski definition) is 3. The highest BCUT2D eigenvalue weighted by atomic mass is 35.5. The topological polar surface area (TPSA) is 47.8 Å². The van der Waals surface area contributed by atoms with Crippen LogP contribution in [0.5, 0.6) is 0 Å². The van der Waals surface area contributed by atoms with E-state index in [9.17, 15) is 4.79 Å². The molecule has 2 aromatic heterocycles. The van der Waals surface area contributed by atoms with E-state index in [1.54, 1.807) is 11.7 Å². The van der Waals surface area contributed by atoms with Crippen LogP contribution < -0.4 is 0 Å². The summed E-state index contributed by atoms with van der Waals surface area (Å²) in [7, 11) is 1.80. The molecule has 5 heteroatoms. The van der Waals surface area contributed by atoms with Gasteiger partial charge in [0.1, 0.15) is 0 Å². The predicted octanol–water partition coefficient (Wildman–Crippen LogP) is 2.13. The number of pyridine rings is 1. The minimum atomic E-state index is -0.0855. The first-order valence-electron chi connectivity index (χ1n) is 4.51. The van der Waals surface area contributed by atoms with Crippen molar-refractivity contribution in [2.45, 2.75) is 13.8 Å². The molecule has 0 saturated heterocycles. The third kappa shape index (κ3) is 1.41. The van der Waals surface area contributed by atoms with Crippen LogP contribution in [0.15, 0.2) is 6.20 Å². The Morgan fingerprint density at radius 3 is 2.80 bits per heavy atom. The summed E-state index contributed by atoms with van der Waals surface area (Å²) in [4.78, 5) is 15.5. The molecule has 78 valence electrons. The maximum absolute atomic E-state index is 11.3. The first-order chi connectivity index (χ1) is 7.02. The second-order valence-corrected chi connectivity index (χ2v) is 3.83. The quantitative estimate of drug-likeness (QED) is 0.696. The summed E-state index contributed by atoms with van der Waals surface area (Å²) >= 11 is 6.14. The third-order valence-corrected chi connectivity index (χ3v) is 2.74. The second-order valence-electron chi connectivity index (χ2n) is 3.45. The van der Waals surface area contributed by atoms with Gasteiger partial charge in [0.05, 0.1) is 21.7 Å². The Hall–Kier alpha value is -1.42. The van der Waals surface area contributed by atoms with Crippen LogP contribution in [-0.4, -0.2) is 20.5 Å². The lowest BCUT2D eigenvalue weighted by Crippen LogP contribution is -1.97. The van der Waals surface area contributed by atoms with Crippen LogP contribution >= 0.6 is 11.6 Å². The highest BCUT2D eigenvalue weighted by molar-refractivity contribution is 6.38. The van der Waals surface area contributed by atoms with Gasteiger partial charge in [-0.3, -0.25) is 9.48 Å². The number of fused-ring (bicyclic) bond motifs is 1. The number of aryl methyl sites for hydroxylation is 2. The van der Waals surface area contributed by atoms with Gasteiger partial charge in [-0.15, -0.1) is 0 Å². The summed E-state index contributed by atoms with van der Waals surface area (Å²) in [6.07, 6.45) is 1.49. The number of Topliss-reactive ketones (excluding diaryl/α,β-unsaturated/α-hetero) is 1. The van der Waals surface area contributed by atoms with Gasteiger partial charge < -0.3 is 0 Å². The molecule has 0 aliphatic carbocycles. The first kappa shape index (κ1) is 10.1. The summed E-state index contributed by atoms with van der Waals surface area (Å²) in [5.41, 5.74) is 1.93. The number of ketones is 1. The number of nitrogens with zero attached hydrogens (tertiary/aromatic N) is 3. The van der Waals surface area contributed by atoms with Crippen molar-refractivity contribution in [3.05, 3.63) is 22.5 Å². The van der Waals surface area contributed by atoms with E-state index >= 15 is 0 Å². The van der Waals surface area contributed by atoms with Crippen molar-refractivity contribution in [2.24, 2.45) is 7.05 Å². The molecular formula is C10H10ClN3O. The Morgan fingerprint density at radius 1 is 1.53 bits per heavy atom. The standard InChI is InChI=1S/C10H10ClN3O/c1-5-8-9(11)7(6(2)15)4-12-10(8)14(3)13-5/h4H,1-3H3. The van der Waals surface area contributed by atoms with Gasteiger partial charge >= 0.3 is 0 Å². The summed E-state index contributed by atoms with van der Waals surface area (Å²) in [5.74, 6) is -0.0855. The molecule has 0 aliphatic rings. The van der Waals surface area contributed by atoms with E-state index in [-0.39, 0.29) is 5.78 Å². The van der Waals surface area contributed by atoms with Gasteiger partial charge in [0, 0.05) is 13.2 Å². The maximum Gasteiger partial charge on any atom is 0.162 e. The summed E-state index contributed by atoms with van der Waals surface area (Å²) in [6, 6.07) is 0. The SMILES string of the molecule is CC(=O)c1cnc2c(c(C)nn2C)c1Cl. The van der Waals surface area contributed by atoms with Crippen molar-refractivity contribution < 1.29 is 4.79 Å². The number of hydrogen-bond donors (Lipinski definition) is 0. The van der Waals surface area contributed by atoms with Crippen molar-refractivity contribution in [2.75, 3.05) is 0 Å². The van der Waals surface area contributed by atoms with Crippen LogP contribution in [0.4, 0.5) is 0 Å². The normalized spacial score (nSPS) is 10.9. The first-order valence-corrected chi connectivity index (χ1v) is 4.89. The molecule has 0 fully saturated rings. The Bertz CT molecular complexity index is 559. The molecule has 2 heterocycles. The number of rotatable bonds is 1. The molecule has 0 saturated carbocycles. The van der Waals surface area contributed by atoms with Crippen molar-refractivity contribution in [3.8, 4) is 0 Å². The van der Waals surface area contributed by atoms with Crippen LogP contribution in [0.3, 0.4) is 0 Å². The molecule has 0 bridgehead atoms. The van der Waals surface area contributed by atoms with E-state index in [0.29, 0.717) is 16.2 Å². The number of carbonyl (C=O) groups is 1. The molecule has 0 spiro atoms. The number of aromatic nitrogens is 3. The van der Waals surface area contributed by atoms with Crippen molar-refractivity contribution in [1.82, 2.24) is 14.8 Å². The molecule has 2 aromatic rings. The molecule has 4 nitrogen and oxygen atoms in total. The monoisotopic (exact) mass is 223 g/mol. The van der Waals surface area contributed by atoms with Gasteiger partial charge in [0.15, 0.2) is 11.4 Å². The lowest BCUT2D eigenvalue weighted by atomic mass is 10.1. The van der Waals surface area contributed by atoms with Crippen LogP contribution in [0.1, 0.15) is 23.0 Å². The van der Waals surface area contributed by atoms with Crippen LogP contribution in [0.2, 0.25) is 5.02 Å². The molecule has 0 amide bonds. The number of halogens is 1. The average molecular weight is 224 g/mol. The van der Waals surface area contributed by atoms with Crippen LogP contribution in [-0.2, 0) is 7.05 Å². The highest BCUT2D eigenvalue weighted by Gasteiger charge is 2.15. The molecule has 0 N–H and O–H groups in total. The zero-order valence-electron chi connectivity index (χ0n) is 8.71. The molecule has 2 rings (SSSR count). The third-order valence-electron chi connectivity index (χ3n) is 2.34. The van der Waals surface area contributed by atoms with Crippen molar-refractivity contribution in [3.63, 3.8) is 0 Å². The Morgan fingerprint density at radius 2 is 2.20 bits per heavy atom. The van der Waals surface area contributed by atoms with Gasteiger partial charge in [-0.1, -0.05) is 11.6 Å². The molecule has 0 atom stereocenters. The highest BCUT2D eigenvalue weighted by Crippen LogP contribution is 2.27. The predicted molar refractivity (Wildman–Crippen MR) is 58.3 cm³/mol. The fourth-order valence-electron chi connectivity index (χ4n) is 1.61. The summed E-state index contributed by atoms with van der Waals surface area (Å²) in [5, 5.41) is 5.41. The second kappa shape index (κ2) is 3.31. The van der Waals surface area contributed by atoms with E-state index in [0.717, 1.165) is 11.1 Å².